The highest BCUT2D eigenvalue weighted by Gasteiger charge is 2.30. The van der Waals surface area contributed by atoms with E-state index in [9.17, 15) is 43.2 Å². The van der Waals surface area contributed by atoms with Crippen LogP contribution >= 0.6 is 15.6 Å². The van der Waals surface area contributed by atoms with Crippen molar-refractivity contribution < 1.29 is 80.2 Å². The van der Waals surface area contributed by atoms with Crippen LogP contribution in [0.5, 0.6) is 0 Å². The topological polar surface area (TPSA) is 237 Å². The van der Waals surface area contributed by atoms with Crippen molar-refractivity contribution in [3.63, 3.8) is 0 Å². The summed E-state index contributed by atoms with van der Waals surface area (Å²) in [6.07, 6.45) is 65.3. The first-order valence-electron chi connectivity index (χ1n) is 43.0. The van der Waals surface area contributed by atoms with Gasteiger partial charge in [-0.3, -0.25) is 37.3 Å². The van der Waals surface area contributed by atoms with Gasteiger partial charge >= 0.3 is 39.5 Å². The number of phosphoric acid groups is 2. The molecule has 0 spiro atoms. The van der Waals surface area contributed by atoms with E-state index in [0.29, 0.717) is 25.7 Å². The minimum absolute atomic E-state index is 0.105. The van der Waals surface area contributed by atoms with Gasteiger partial charge in [-0.15, -0.1) is 0 Å². The Bertz CT molecular complexity index is 1960. The van der Waals surface area contributed by atoms with Crippen molar-refractivity contribution in [1.82, 2.24) is 0 Å². The Hall–Kier alpha value is -1.94. The molecule has 0 rings (SSSR count). The van der Waals surface area contributed by atoms with Crippen molar-refractivity contribution in [2.24, 2.45) is 11.8 Å². The van der Waals surface area contributed by atoms with E-state index in [4.69, 9.17) is 37.0 Å². The second kappa shape index (κ2) is 74.5. The number of ether oxygens (including phenoxy) is 4. The van der Waals surface area contributed by atoms with Crippen molar-refractivity contribution in [3.05, 3.63) is 0 Å². The highest BCUT2D eigenvalue weighted by atomic mass is 31.2. The normalized spacial score (nSPS) is 14.1. The average Bonchev–Trinajstić information content (AvgIpc) is 0.921. The van der Waals surface area contributed by atoms with Crippen LogP contribution in [0.15, 0.2) is 0 Å². The van der Waals surface area contributed by atoms with Crippen LogP contribution < -0.4 is 0 Å². The van der Waals surface area contributed by atoms with E-state index >= 15 is 0 Å². The Morgan fingerprint density at radius 2 is 0.500 bits per heavy atom. The Labute approximate surface area is 626 Å². The largest absolute Gasteiger partial charge is 0.472 e. The fourth-order valence-corrected chi connectivity index (χ4v) is 14.4. The molecule has 6 atom stereocenters. The lowest BCUT2D eigenvalue weighted by molar-refractivity contribution is -0.161. The summed E-state index contributed by atoms with van der Waals surface area (Å²) in [5, 5.41) is 10.7. The van der Waals surface area contributed by atoms with E-state index in [-0.39, 0.29) is 25.7 Å². The minimum atomic E-state index is -4.96. The number of hydrogen-bond acceptors (Lipinski definition) is 15. The summed E-state index contributed by atoms with van der Waals surface area (Å²) < 4.78 is 68.8. The second-order valence-electron chi connectivity index (χ2n) is 30.6. The van der Waals surface area contributed by atoms with E-state index in [2.05, 4.69) is 41.5 Å². The summed E-state index contributed by atoms with van der Waals surface area (Å²) in [7, 11) is -9.92. The van der Waals surface area contributed by atoms with Gasteiger partial charge in [0.1, 0.15) is 19.3 Å². The molecule has 0 bridgehead atoms. The lowest BCUT2D eigenvalue weighted by Gasteiger charge is -2.21. The first-order valence-corrected chi connectivity index (χ1v) is 46.0. The molecule has 102 heavy (non-hydrogen) atoms. The summed E-state index contributed by atoms with van der Waals surface area (Å²) in [6, 6.07) is 0. The van der Waals surface area contributed by atoms with Crippen LogP contribution in [-0.2, 0) is 65.4 Å². The van der Waals surface area contributed by atoms with Crippen LogP contribution in [0.1, 0.15) is 440 Å². The lowest BCUT2D eigenvalue weighted by atomic mass is 9.99. The number of carbonyl (C=O) groups excluding carboxylic acids is 4. The van der Waals surface area contributed by atoms with Gasteiger partial charge in [0.05, 0.1) is 26.4 Å². The lowest BCUT2D eigenvalue weighted by Crippen LogP contribution is -2.30. The maximum atomic E-state index is 13.1. The van der Waals surface area contributed by atoms with Crippen LogP contribution in [0.3, 0.4) is 0 Å². The molecule has 0 radical (unpaired) electrons. The predicted molar refractivity (Wildman–Crippen MR) is 418 cm³/mol. The van der Waals surface area contributed by atoms with E-state index in [0.717, 1.165) is 102 Å². The summed E-state index contributed by atoms with van der Waals surface area (Å²) in [5.74, 6) is -0.594. The maximum absolute atomic E-state index is 13.1. The van der Waals surface area contributed by atoms with Crippen molar-refractivity contribution in [2.75, 3.05) is 39.6 Å². The molecule has 17 nitrogen and oxygen atoms in total. The highest BCUT2D eigenvalue weighted by Crippen LogP contribution is 2.45. The number of phosphoric ester groups is 2. The number of carbonyl (C=O) groups is 4. The Morgan fingerprint density at radius 1 is 0.284 bits per heavy atom. The molecule has 0 aliphatic carbocycles. The summed E-state index contributed by atoms with van der Waals surface area (Å²) >= 11 is 0. The van der Waals surface area contributed by atoms with Gasteiger partial charge in [-0.05, 0) is 37.5 Å². The minimum Gasteiger partial charge on any atom is -0.462 e. The van der Waals surface area contributed by atoms with Crippen LogP contribution in [0.25, 0.3) is 0 Å². The van der Waals surface area contributed by atoms with Gasteiger partial charge in [-0.1, -0.05) is 388 Å². The maximum Gasteiger partial charge on any atom is 0.472 e. The predicted octanol–water partition coefficient (Wildman–Crippen LogP) is 25.1. The molecule has 19 heteroatoms. The molecule has 0 saturated carbocycles. The molecular formula is C83H162O17P2. The molecule has 0 amide bonds. The zero-order valence-corrected chi connectivity index (χ0v) is 68.7. The molecule has 0 aromatic carbocycles. The fraction of sp³-hybridized carbons (Fsp3) is 0.952. The van der Waals surface area contributed by atoms with Crippen molar-refractivity contribution in [3.8, 4) is 0 Å². The van der Waals surface area contributed by atoms with Gasteiger partial charge in [-0.2, -0.15) is 0 Å². The van der Waals surface area contributed by atoms with Gasteiger partial charge < -0.3 is 33.8 Å². The number of esters is 4. The van der Waals surface area contributed by atoms with Gasteiger partial charge in [0.15, 0.2) is 12.2 Å². The Kier molecular flexibility index (Phi) is 73.1. The first-order chi connectivity index (χ1) is 49.4. The van der Waals surface area contributed by atoms with Crippen molar-refractivity contribution in [2.45, 2.75) is 458 Å². The molecule has 606 valence electrons. The molecule has 0 saturated heterocycles. The van der Waals surface area contributed by atoms with Crippen molar-refractivity contribution >= 4 is 39.5 Å². The number of aliphatic hydroxyl groups excluding tert-OH is 1. The Balaban J connectivity index is 5.24. The van der Waals surface area contributed by atoms with Crippen LogP contribution in [-0.4, -0.2) is 96.7 Å². The molecule has 0 heterocycles. The SMILES string of the molecule is CCCCCCCCCCCCCCCCCCCCCC(=O)OC[C@H](COP(=O)(O)OC[C@@H](O)COP(=O)(O)OC[C@@H](COC(=O)CCCCCCCCCCC(C)CC)OC(=O)CCCCCCCCCCCC(C)C)OC(=O)CCCCCCCCCCCCCCCCCCCCC. The number of aliphatic hydroxyl groups is 1. The molecule has 0 aliphatic rings. The molecule has 3 N–H and O–H groups in total. The van der Waals surface area contributed by atoms with Crippen LogP contribution in [0.2, 0.25) is 0 Å². The van der Waals surface area contributed by atoms with E-state index < -0.39 is 97.5 Å². The smallest absolute Gasteiger partial charge is 0.462 e. The first kappa shape index (κ1) is 100. The standard InChI is InChI=1S/C83H162O17P2/c1-7-10-12-14-16-18-20-22-24-26-28-30-32-34-36-40-47-53-59-65-80(85)93-71-78(99-82(87)67-61-55-49-41-37-35-33-31-29-27-25-23-21-19-17-15-13-11-8-2)73-97-101(89,90)95-69-77(84)70-96-102(91,92)98-74-79(100-83(88)68-62-56-50-42-38-39-45-51-57-63-75(4)5)72-94-81(86)66-60-54-48-44-43-46-52-58-64-76(6)9-3/h75-79,84H,7-74H2,1-6H3,(H,89,90)(H,91,92)/t76?,77-,78-,79-/m1/s1. The third kappa shape index (κ3) is 74.9. The molecule has 0 aromatic rings. The van der Waals surface area contributed by atoms with Crippen molar-refractivity contribution in [1.29, 1.82) is 0 Å². The average molecular weight is 1490 g/mol. The molecule has 3 unspecified atom stereocenters. The van der Waals surface area contributed by atoms with Crippen LogP contribution in [0.4, 0.5) is 0 Å². The number of unbranched alkanes of at least 4 members (excludes halogenated alkanes) is 51. The third-order valence-corrected chi connectivity index (χ3v) is 21.7. The van der Waals surface area contributed by atoms with Gasteiger partial charge in [0.2, 0.25) is 0 Å². The molecule has 0 fully saturated rings. The number of rotatable bonds is 82. The van der Waals surface area contributed by atoms with Gasteiger partial charge in [0, 0.05) is 25.7 Å². The van der Waals surface area contributed by atoms with Gasteiger partial charge in [0.25, 0.3) is 0 Å². The summed E-state index contributed by atoms with van der Waals surface area (Å²) in [5.41, 5.74) is 0. The second-order valence-corrected chi connectivity index (χ2v) is 33.5. The third-order valence-electron chi connectivity index (χ3n) is 19.8. The zero-order valence-electron chi connectivity index (χ0n) is 66.9. The number of hydrogen-bond donors (Lipinski definition) is 3. The fourth-order valence-electron chi connectivity index (χ4n) is 12.9. The van der Waals surface area contributed by atoms with Gasteiger partial charge in [-0.25, -0.2) is 9.13 Å². The zero-order chi connectivity index (χ0) is 74.9. The Morgan fingerprint density at radius 3 is 0.745 bits per heavy atom. The summed E-state index contributed by atoms with van der Waals surface area (Å²) in [4.78, 5) is 73.1. The van der Waals surface area contributed by atoms with E-state index in [1.807, 2.05) is 0 Å². The molecular weight excluding hydrogens is 1330 g/mol. The van der Waals surface area contributed by atoms with Crippen LogP contribution in [0, 0.1) is 11.8 Å². The highest BCUT2D eigenvalue weighted by molar-refractivity contribution is 7.47. The molecule has 0 aliphatic heterocycles. The summed E-state index contributed by atoms with van der Waals surface area (Å²) in [6.45, 7) is 9.62. The quantitative estimate of drug-likeness (QED) is 0.0222. The van der Waals surface area contributed by atoms with E-state index in [1.54, 1.807) is 0 Å². The molecule has 0 aromatic heterocycles. The monoisotopic (exact) mass is 1490 g/mol. The van der Waals surface area contributed by atoms with E-state index in [1.165, 1.54) is 257 Å².